The molecule has 0 atom stereocenters. The van der Waals surface area contributed by atoms with E-state index in [0.717, 1.165) is 11.1 Å². The summed E-state index contributed by atoms with van der Waals surface area (Å²) in [5, 5.41) is 3.15. The Morgan fingerprint density at radius 1 is 0.909 bits per heavy atom. The minimum Gasteiger partial charge on any atom is -0.307 e. The predicted molar refractivity (Wildman–Crippen MR) is 87.0 cm³/mol. The van der Waals surface area contributed by atoms with Gasteiger partial charge >= 0.3 is 6.03 Å². The van der Waals surface area contributed by atoms with Gasteiger partial charge in [-0.3, -0.25) is 10.2 Å². The summed E-state index contributed by atoms with van der Waals surface area (Å²) >= 11 is 5.76. The maximum atomic E-state index is 11.9. The Morgan fingerprint density at radius 2 is 1.59 bits per heavy atom. The number of rotatable bonds is 2. The monoisotopic (exact) mass is 317 g/mol. The highest BCUT2D eigenvalue weighted by molar-refractivity contribution is 6.30. The van der Waals surface area contributed by atoms with Crippen LogP contribution in [0, 0.1) is 13.8 Å². The van der Waals surface area contributed by atoms with E-state index in [-0.39, 0.29) is 5.91 Å². The van der Waals surface area contributed by atoms with E-state index in [1.54, 1.807) is 36.4 Å². The molecule has 2 aromatic carbocycles. The zero-order valence-electron chi connectivity index (χ0n) is 12.2. The molecule has 6 heteroatoms. The second-order valence-electron chi connectivity index (χ2n) is 4.84. The van der Waals surface area contributed by atoms with Crippen LogP contribution in [0.5, 0.6) is 0 Å². The largest absolute Gasteiger partial charge is 0.337 e. The lowest BCUT2D eigenvalue weighted by molar-refractivity contribution is 0.0938. The molecule has 0 aliphatic carbocycles. The van der Waals surface area contributed by atoms with Crippen LogP contribution in [-0.4, -0.2) is 11.9 Å². The summed E-state index contributed by atoms with van der Waals surface area (Å²) in [6.45, 7) is 3.89. The average molecular weight is 318 g/mol. The van der Waals surface area contributed by atoms with Crippen LogP contribution in [0.3, 0.4) is 0 Å². The van der Waals surface area contributed by atoms with Crippen molar-refractivity contribution < 1.29 is 9.59 Å². The zero-order chi connectivity index (χ0) is 16.1. The van der Waals surface area contributed by atoms with Gasteiger partial charge in [0.05, 0.1) is 0 Å². The quantitative estimate of drug-likeness (QED) is 0.743. The molecule has 5 nitrogen and oxygen atoms in total. The smallest absolute Gasteiger partial charge is 0.307 e. The van der Waals surface area contributed by atoms with Gasteiger partial charge in [-0.2, -0.15) is 0 Å². The van der Waals surface area contributed by atoms with Gasteiger partial charge in [-0.25, -0.2) is 10.2 Å². The number of amides is 3. The zero-order valence-corrected chi connectivity index (χ0v) is 13.0. The van der Waals surface area contributed by atoms with Crippen molar-refractivity contribution >= 4 is 29.2 Å². The maximum absolute atomic E-state index is 11.9. The fraction of sp³-hybridized carbons (Fsp3) is 0.125. The van der Waals surface area contributed by atoms with Crippen LogP contribution in [0.2, 0.25) is 5.02 Å². The molecule has 2 rings (SSSR count). The van der Waals surface area contributed by atoms with Gasteiger partial charge in [0.15, 0.2) is 0 Å². The lowest BCUT2D eigenvalue weighted by Gasteiger charge is -2.10. The van der Waals surface area contributed by atoms with E-state index < -0.39 is 6.03 Å². The van der Waals surface area contributed by atoms with Crippen LogP contribution in [0.4, 0.5) is 10.5 Å². The Bertz CT molecular complexity index is 699. The number of halogens is 1. The Labute approximate surface area is 133 Å². The summed E-state index contributed by atoms with van der Waals surface area (Å²) in [4.78, 5) is 23.6. The number of urea groups is 1. The molecule has 0 spiro atoms. The predicted octanol–water partition coefficient (Wildman–Crippen LogP) is 3.42. The molecule has 0 aliphatic heterocycles. The number of hydrogen-bond donors (Lipinski definition) is 3. The van der Waals surface area contributed by atoms with Gasteiger partial charge in [0.2, 0.25) is 0 Å². The second-order valence-corrected chi connectivity index (χ2v) is 5.28. The highest BCUT2D eigenvalue weighted by Gasteiger charge is 2.08. The summed E-state index contributed by atoms with van der Waals surface area (Å²) in [7, 11) is 0. The lowest BCUT2D eigenvalue weighted by Crippen LogP contribution is -2.43. The summed E-state index contributed by atoms with van der Waals surface area (Å²) < 4.78 is 0. The first-order valence-corrected chi connectivity index (χ1v) is 7.03. The topological polar surface area (TPSA) is 70.2 Å². The van der Waals surface area contributed by atoms with Crippen LogP contribution in [0.15, 0.2) is 42.5 Å². The summed E-state index contributed by atoms with van der Waals surface area (Å²) in [6.07, 6.45) is 0. The van der Waals surface area contributed by atoms with Crippen LogP contribution in [0.25, 0.3) is 0 Å². The SMILES string of the molecule is Cc1ccc(C(=O)NNC(=O)Nc2ccc(Cl)cc2)cc1C. The Kier molecular flexibility index (Phi) is 5.01. The Hall–Kier alpha value is -2.53. The number of hydrogen-bond acceptors (Lipinski definition) is 2. The molecule has 0 aromatic heterocycles. The second kappa shape index (κ2) is 6.95. The van der Waals surface area contributed by atoms with Gasteiger partial charge in [0.1, 0.15) is 0 Å². The van der Waals surface area contributed by atoms with E-state index in [2.05, 4.69) is 16.2 Å². The van der Waals surface area contributed by atoms with Gasteiger partial charge in [0, 0.05) is 16.3 Å². The molecule has 3 N–H and O–H groups in total. The summed E-state index contributed by atoms with van der Waals surface area (Å²) in [5.74, 6) is -0.380. The first-order chi connectivity index (χ1) is 10.5. The number of anilines is 1. The van der Waals surface area contributed by atoms with E-state index in [1.165, 1.54) is 0 Å². The number of nitrogens with one attached hydrogen (secondary N) is 3. The minimum atomic E-state index is -0.542. The van der Waals surface area contributed by atoms with E-state index in [9.17, 15) is 9.59 Å². The highest BCUT2D eigenvalue weighted by atomic mass is 35.5. The molecule has 22 heavy (non-hydrogen) atoms. The standard InChI is InChI=1S/C16H16ClN3O2/c1-10-3-4-12(9-11(10)2)15(21)19-20-16(22)18-14-7-5-13(17)6-8-14/h3-9H,1-2H3,(H,19,21)(H2,18,20,22). The van der Waals surface area contributed by atoms with E-state index in [1.807, 2.05) is 19.9 Å². The molecule has 0 unspecified atom stereocenters. The van der Waals surface area contributed by atoms with Crippen molar-refractivity contribution in [2.75, 3.05) is 5.32 Å². The van der Waals surface area contributed by atoms with E-state index in [4.69, 9.17) is 11.6 Å². The molecule has 0 fully saturated rings. The van der Waals surface area contributed by atoms with Crippen LogP contribution in [-0.2, 0) is 0 Å². The number of hydrazine groups is 1. The first-order valence-electron chi connectivity index (χ1n) is 6.66. The van der Waals surface area contributed by atoms with Gasteiger partial charge in [-0.1, -0.05) is 17.7 Å². The fourth-order valence-electron chi connectivity index (χ4n) is 1.76. The van der Waals surface area contributed by atoms with Crippen molar-refractivity contribution in [2.45, 2.75) is 13.8 Å². The third-order valence-electron chi connectivity index (χ3n) is 3.16. The van der Waals surface area contributed by atoms with Crippen LogP contribution < -0.4 is 16.2 Å². The highest BCUT2D eigenvalue weighted by Crippen LogP contribution is 2.13. The Morgan fingerprint density at radius 3 is 2.23 bits per heavy atom. The summed E-state index contributed by atoms with van der Waals surface area (Å²) in [6, 6.07) is 11.4. The molecule has 0 saturated heterocycles. The van der Waals surface area contributed by atoms with Crippen molar-refractivity contribution in [2.24, 2.45) is 0 Å². The minimum absolute atomic E-state index is 0.380. The third-order valence-corrected chi connectivity index (χ3v) is 3.41. The Balaban J connectivity index is 1.88. The van der Waals surface area contributed by atoms with Crippen molar-refractivity contribution in [3.05, 3.63) is 64.2 Å². The average Bonchev–Trinajstić information content (AvgIpc) is 2.50. The lowest BCUT2D eigenvalue weighted by atomic mass is 10.1. The number of aryl methyl sites for hydroxylation is 2. The molecule has 0 heterocycles. The van der Waals surface area contributed by atoms with Crippen molar-refractivity contribution in [3.63, 3.8) is 0 Å². The molecular weight excluding hydrogens is 302 g/mol. The first kappa shape index (κ1) is 15.9. The van der Waals surface area contributed by atoms with Gasteiger partial charge in [-0.05, 0) is 61.4 Å². The number of carbonyl (C=O) groups excluding carboxylic acids is 2. The van der Waals surface area contributed by atoms with Gasteiger partial charge < -0.3 is 5.32 Å². The molecule has 2 aromatic rings. The van der Waals surface area contributed by atoms with Crippen molar-refractivity contribution in [1.29, 1.82) is 0 Å². The van der Waals surface area contributed by atoms with Crippen LogP contribution >= 0.6 is 11.6 Å². The van der Waals surface area contributed by atoms with Crippen molar-refractivity contribution in [3.8, 4) is 0 Å². The maximum Gasteiger partial charge on any atom is 0.337 e. The van der Waals surface area contributed by atoms with Gasteiger partial charge in [0.25, 0.3) is 5.91 Å². The van der Waals surface area contributed by atoms with E-state index >= 15 is 0 Å². The van der Waals surface area contributed by atoms with E-state index in [0.29, 0.717) is 16.3 Å². The van der Waals surface area contributed by atoms with Gasteiger partial charge in [-0.15, -0.1) is 0 Å². The fourth-order valence-corrected chi connectivity index (χ4v) is 1.89. The normalized spacial score (nSPS) is 9.95. The molecule has 0 aliphatic rings. The van der Waals surface area contributed by atoms with Crippen molar-refractivity contribution in [1.82, 2.24) is 10.9 Å². The third kappa shape index (κ3) is 4.23. The molecule has 114 valence electrons. The molecule has 0 saturated carbocycles. The number of carbonyl (C=O) groups is 2. The molecule has 0 bridgehead atoms. The molecule has 0 radical (unpaired) electrons. The molecular formula is C16H16ClN3O2. The number of benzene rings is 2. The van der Waals surface area contributed by atoms with Crippen LogP contribution in [0.1, 0.15) is 21.5 Å². The molecule has 3 amide bonds. The summed E-state index contributed by atoms with van der Waals surface area (Å²) in [5.41, 5.74) is 7.81.